The van der Waals surface area contributed by atoms with Gasteiger partial charge in [-0.25, -0.2) is 9.97 Å². The summed E-state index contributed by atoms with van der Waals surface area (Å²) >= 11 is 3.13. The topological polar surface area (TPSA) is 80.9 Å². The SMILES string of the molecule is CCCCC(CN)NC(=O)CSc1ncnc2sc(C)c(C)c12. The minimum Gasteiger partial charge on any atom is -0.351 e. The Kier molecular flexibility index (Phi) is 6.80. The van der Waals surface area contributed by atoms with E-state index in [9.17, 15) is 4.79 Å². The molecule has 1 amide bonds. The second-order valence-electron chi connectivity index (χ2n) is 5.57. The summed E-state index contributed by atoms with van der Waals surface area (Å²) in [5, 5.41) is 4.97. The maximum absolute atomic E-state index is 12.1. The van der Waals surface area contributed by atoms with E-state index in [1.165, 1.54) is 22.2 Å². The van der Waals surface area contributed by atoms with Crippen LogP contribution in [0.15, 0.2) is 11.4 Å². The van der Waals surface area contributed by atoms with Gasteiger partial charge in [-0.05, 0) is 25.8 Å². The molecule has 23 heavy (non-hydrogen) atoms. The largest absolute Gasteiger partial charge is 0.351 e. The maximum Gasteiger partial charge on any atom is 0.230 e. The van der Waals surface area contributed by atoms with E-state index in [1.54, 1.807) is 17.7 Å². The molecule has 3 N–H and O–H groups in total. The number of carbonyl (C=O) groups is 1. The van der Waals surface area contributed by atoms with Crippen LogP contribution in [-0.4, -0.2) is 34.2 Å². The molecule has 0 aliphatic rings. The van der Waals surface area contributed by atoms with Crippen molar-refractivity contribution in [1.29, 1.82) is 0 Å². The lowest BCUT2D eigenvalue weighted by atomic mass is 10.1. The van der Waals surface area contributed by atoms with Gasteiger partial charge in [-0.15, -0.1) is 11.3 Å². The molecule has 2 aromatic rings. The smallest absolute Gasteiger partial charge is 0.230 e. The fourth-order valence-electron chi connectivity index (χ4n) is 2.36. The van der Waals surface area contributed by atoms with Crippen molar-refractivity contribution in [3.05, 3.63) is 16.8 Å². The van der Waals surface area contributed by atoms with Gasteiger partial charge in [0.1, 0.15) is 16.2 Å². The Hall–Kier alpha value is -1.18. The number of nitrogens with one attached hydrogen (secondary N) is 1. The van der Waals surface area contributed by atoms with Gasteiger partial charge < -0.3 is 11.1 Å². The first kappa shape index (κ1) is 18.2. The third-order valence-corrected chi connectivity index (χ3v) is 5.93. The predicted octanol–water partition coefficient (Wildman–Crippen LogP) is 3.03. The fraction of sp³-hybridized carbons (Fsp3) is 0.562. The number of hydrogen-bond donors (Lipinski definition) is 2. The maximum atomic E-state index is 12.1. The van der Waals surface area contributed by atoms with E-state index in [2.05, 4.69) is 36.1 Å². The van der Waals surface area contributed by atoms with E-state index in [0.717, 1.165) is 34.5 Å². The number of thioether (sulfide) groups is 1. The average molecular weight is 353 g/mol. The Balaban J connectivity index is 1.99. The molecule has 0 aliphatic carbocycles. The van der Waals surface area contributed by atoms with Crippen molar-refractivity contribution < 1.29 is 4.79 Å². The third kappa shape index (κ3) is 4.65. The monoisotopic (exact) mass is 352 g/mol. The highest BCUT2D eigenvalue weighted by molar-refractivity contribution is 8.00. The first-order chi connectivity index (χ1) is 11.1. The molecule has 0 aliphatic heterocycles. The molecule has 0 aromatic carbocycles. The zero-order chi connectivity index (χ0) is 16.8. The summed E-state index contributed by atoms with van der Waals surface area (Å²) in [7, 11) is 0. The Labute approximate surface area is 145 Å². The number of unbranched alkanes of at least 4 members (excludes halogenated alkanes) is 1. The van der Waals surface area contributed by atoms with Crippen molar-refractivity contribution in [1.82, 2.24) is 15.3 Å². The van der Waals surface area contributed by atoms with Gasteiger partial charge in [-0.3, -0.25) is 4.79 Å². The molecule has 1 atom stereocenters. The van der Waals surface area contributed by atoms with Crippen molar-refractivity contribution in [2.75, 3.05) is 12.3 Å². The summed E-state index contributed by atoms with van der Waals surface area (Å²) < 4.78 is 0. The number of aromatic nitrogens is 2. The van der Waals surface area contributed by atoms with Gasteiger partial charge in [0.15, 0.2) is 0 Å². The number of hydrogen-bond acceptors (Lipinski definition) is 6. The Morgan fingerprint density at radius 3 is 2.91 bits per heavy atom. The van der Waals surface area contributed by atoms with Crippen LogP contribution in [0.3, 0.4) is 0 Å². The molecule has 0 saturated carbocycles. The quantitative estimate of drug-likeness (QED) is 0.564. The molecule has 7 heteroatoms. The van der Waals surface area contributed by atoms with Gasteiger partial charge in [0, 0.05) is 22.8 Å². The molecular weight excluding hydrogens is 328 g/mol. The molecule has 2 aromatic heterocycles. The molecule has 0 bridgehead atoms. The van der Waals surface area contributed by atoms with Crippen LogP contribution >= 0.6 is 23.1 Å². The molecule has 126 valence electrons. The van der Waals surface area contributed by atoms with E-state index in [4.69, 9.17) is 5.73 Å². The number of rotatable bonds is 8. The minimum absolute atomic E-state index is 0.0120. The molecule has 0 radical (unpaired) electrons. The number of amides is 1. The highest BCUT2D eigenvalue weighted by Crippen LogP contribution is 2.34. The highest BCUT2D eigenvalue weighted by Gasteiger charge is 2.15. The summed E-state index contributed by atoms with van der Waals surface area (Å²) in [6.07, 6.45) is 4.69. The van der Waals surface area contributed by atoms with Crippen molar-refractivity contribution >= 4 is 39.2 Å². The summed E-state index contributed by atoms with van der Waals surface area (Å²) in [4.78, 5) is 23.1. The second kappa shape index (κ2) is 8.61. The van der Waals surface area contributed by atoms with Crippen molar-refractivity contribution in [3.63, 3.8) is 0 Å². The fourth-order valence-corrected chi connectivity index (χ4v) is 4.29. The van der Waals surface area contributed by atoms with Crippen LogP contribution in [-0.2, 0) is 4.79 Å². The number of aryl methyl sites for hydroxylation is 2. The van der Waals surface area contributed by atoms with E-state index in [-0.39, 0.29) is 11.9 Å². The molecule has 0 spiro atoms. The van der Waals surface area contributed by atoms with Crippen molar-refractivity contribution in [2.24, 2.45) is 5.73 Å². The highest BCUT2D eigenvalue weighted by atomic mass is 32.2. The van der Waals surface area contributed by atoms with E-state index in [1.807, 2.05) is 0 Å². The number of fused-ring (bicyclic) bond motifs is 1. The van der Waals surface area contributed by atoms with Crippen LogP contribution in [0.4, 0.5) is 0 Å². The number of nitrogens with zero attached hydrogens (tertiary/aromatic N) is 2. The second-order valence-corrected chi connectivity index (χ2v) is 7.74. The van der Waals surface area contributed by atoms with Crippen LogP contribution in [0.5, 0.6) is 0 Å². The Morgan fingerprint density at radius 1 is 1.43 bits per heavy atom. The van der Waals surface area contributed by atoms with Gasteiger partial charge in [-0.2, -0.15) is 0 Å². The molecule has 5 nitrogen and oxygen atoms in total. The van der Waals surface area contributed by atoms with Crippen LogP contribution in [0.25, 0.3) is 10.2 Å². The summed E-state index contributed by atoms with van der Waals surface area (Å²) in [6, 6.07) is 0.0681. The van der Waals surface area contributed by atoms with E-state index >= 15 is 0 Å². The zero-order valence-electron chi connectivity index (χ0n) is 13.9. The first-order valence-corrected chi connectivity index (χ1v) is 9.69. The van der Waals surface area contributed by atoms with Gasteiger partial charge in [0.2, 0.25) is 5.91 Å². The molecule has 0 saturated heterocycles. The van der Waals surface area contributed by atoms with Gasteiger partial charge >= 0.3 is 0 Å². The lowest BCUT2D eigenvalue weighted by Crippen LogP contribution is -2.41. The number of thiophene rings is 1. The predicted molar refractivity (Wildman–Crippen MR) is 98.1 cm³/mol. The molecule has 2 rings (SSSR count). The molecule has 1 unspecified atom stereocenters. The van der Waals surface area contributed by atoms with Gasteiger partial charge in [0.05, 0.1) is 5.75 Å². The van der Waals surface area contributed by atoms with Crippen molar-refractivity contribution in [2.45, 2.75) is 51.1 Å². The van der Waals surface area contributed by atoms with Gasteiger partial charge in [-0.1, -0.05) is 31.5 Å². The number of nitrogens with two attached hydrogens (primary N) is 1. The Bertz CT molecular complexity index is 671. The van der Waals surface area contributed by atoms with Crippen LogP contribution < -0.4 is 11.1 Å². The lowest BCUT2D eigenvalue weighted by Gasteiger charge is -2.16. The summed E-state index contributed by atoms with van der Waals surface area (Å²) in [5.74, 6) is 0.362. The number of carbonyl (C=O) groups excluding carboxylic acids is 1. The van der Waals surface area contributed by atoms with E-state index in [0.29, 0.717) is 12.3 Å². The molecular formula is C16H24N4OS2. The van der Waals surface area contributed by atoms with Crippen LogP contribution in [0, 0.1) is 13.8 Å². The Morgan fingerprint density at radius 2 is 2.22 bits per heavy atom. The first-order valence-electron chi connectivity index (χ1n) is 7.89. The van der Waals surface area contributed by atoms with E-state index < -0.39 is 0 Å². The van der Waals surface area contributed by atoms with Crippen molar-refractivity contribution in [3.8, 4) is 0 Å². The standard InChI is InChI=1S/C16H24N4OS2/c1-4-5-6-12(7-17)20-13(21)8-22-15-14-10(2)11(3)23-16(14)19-9-18-15/h9,12H,4-8,17H2,1-3H3,(H,20,21). The molecule has 0 fully saturated rings. The normalized spacial score (nSPS) is 12.5. The lowest BCUT2D eigenvalue weighted by molar-refractivity contribution is -0.119. The van der Waals surface area contributed by atoms with Crippen LogP contribution in [0.2, 0.25) is 0 Å². The minimum atomic E-state index is 0.0120. The summed E-state index contributed by atoms with van der Waals surface area (Å²) in [5.41, 5.74) is 6.93. The van der Waals surface area contributed by atoms with Gasteiger partial charge in [0.25, 0.3) is 0 Å². The van der Waals surface area contributed by atoms with Crippen LogP contribution in [0.1, 0.15) is 36.6 Å². The average Bonchev–Trinajstić information content (AvgIpc) is 2.84. The molecule has 2 heterocycles. The third-order valence-electron chi connectivity index (χ3n) is 3.83. The summed E-state index contributed by atoms with van der Waals surface area (Å²) in [6.45, 7) is 6.78. The zero-order valence-corrected chi connectivity index (χ0v) is 15.5.